The van der Waals surface area contributed by atoms with Gasteiger partial charge in [-0.25, -0.2) is 4.39 Å². The van der Waals surface area contributed by atoms with Gasteiger partial charge in [-0.3, -0.25) is 0 Å². The largest absolute Gasteiger partial charge is 0.497 e. The number of hydrogen-bond donors (Lipinski definition) is 0. The molecular formula is C20H24ClFO. The molecule has 0 N–H and O–H groups in total. The van der Waals surface area contributed by atoms with Crippen LogP contribution in [-0.4, -0.2) is 7.11 Å². The highest BCUT2D eigenvalue weighted by molar-refractivity contribution is 6.17. The van der Waals surface area contributed by atoms with Gasteiger partial charge in [-0.05, 0) is 46.2 Å². The van der Waals surface area contributed by atoms with Crippen molar-refractivity contribution < 1.29 is 9.13 Å². The zero-order valence-electron chi connectivity index (χ0n) is 14.4. The fourth-order valence-electron chi connectivity index (χ4n) is 2.60. The van der Waals surface area contributed by atoms with E-state index in [9.17, 15) is 4.39 Å². The van der Waals surface area contributed by atoms with Crippen LogP contribution in [0.4, 0.5) is 4.39 Å². The van der Waals surface area contributed by atoms with Gasteiger partial charge >= 0.3 is 0 Å². The average Bonchev–Trinajstić information content (AvgIpc) is 2.53. The molecule has 0 aliphatic carbocycles. The molecule has 0 spiro atoms. The van der Waals surface area contributed by atoms with Crippen LogP contribution in [0, 0.1) is 11.2 Å². The van der Waals surface area contributed by atoms with Gasteiger partial charge < -0.3 is 4.74 Å². The Kier molecular flexibility index (Phi) is 5.36. The van der Waals surface area contributed by atoms with Crippen molar-refractivity contribution in [3.8, 4) is 16.9 Å². The van der Waals surface area contributed by atoms with E-state index in [2.05, 4.69) is 33.8 Å². The van der Waals surface area contributed by atoms with Gasteiger partial charge in [-0.2, -0.15) is 0 Å². The first-order valence-corrected chi connectivity index (χ1v) is 8.34. The lowest BCUT2D eigenvalue weighted by atomic mass is 9.75. The van der Waals surface area contributed by atoms with E-state index in [0.29, 0.717) is 17.2 Å². The monoisotopic (exact) mass is 334 g/mol. The van der Waals surface area contributed by atoms with E-state index in [-0.39, 0.29) is 17.2 Å². The Balaban J connectivity index is 2.67. The van der Waals surface area contributed by atoms with Gasteiger partial charge in [0.1, 0.15) is 11.6 Å². The first-order chi connectivity index (χ1) is 10.8. The third-order valence-corrected chi connectivity index (χ3v) is 4.81. The Hall–Kier alpha value is -1.54. The molecule has 1 nitrogen and oxygen atoms in total. The summed E-state index contributed by atoms with van der Waals surface area (Å²) in [6, 6.07) is 10.9. The van der Waals surface area contributed by atoms with Crippen molar-refractivity contribution in [3.05, 3.63) is 53.3 Å². The molecule has 23 heavy (non-hydrogen) atoms. The molecule has 3 heteroatoms. The van der Waals surface area contributed by atoms with Crippen molar-refractivity contribution >= 4 is 11.6 Å². The highest BCUT2D eigenvalue weighted by atomic mass is 35.5. The maximum Gasteiger partial charge on any atom is 0.131 e. The smallest absolute Gasteiger partial charge is 0.131 e. The predicted molar refractivity (Wildman–Crippen MR) is 95.8 cm³/mol. The van der Waals surface area contributed by atoms with Crippen molar-refractivity contribution in [1.29, 1.82) is 0 Å². The molecule has 0 bridgehead atoms. The van der Waals surface area contributed by atoms with E-state index in [4.69, 9.17) is 16.3 Å². The van der Waals surface area contributed by atoms with E-state index < -0.39 is 0 Å². The van der Waals surface area contributed by atoms with Crippen LogP contribution < -0.4 is 4.74 Å². The number of benzene rings is 2. The fourth-order valence-corrected chi connectivity index (χ4v) is 2.77. The van der Waals surface area contributed by atoms with E-state index in [1.807, 2.05) is 12.1 Å². The molecule has 0 aliphatic heterocycles. The Labute approximate surface area is 143 Å². The number of alkyl halides is 1. The first kappa shape index (κ1) is 17.8. The zero-order valence-corrected chi connectivity index (χ0v) is 15.2. The maximum absolute atomic E-state index is 14.4. The molecular weight excluding hydrogens is 311 g/mol. The molecule has 1 unspecified atom stereocenters. The predicted octanol–water partition coefficient (Wildman–Crippen LogP) is 6.39. The summed E-state index contributed by atoms with van der Waals surface area (Å²) in [7, 11) is 1.59. The summed E-state index contributed by atoms with van der Waals surface area (Å²) < 4.78 is 19.7. The van der Waals surface area contributed by atoms with Gasteiger partial charge in [0.25, 0.3) is 0 Å². The van der Waals surface area contributed by atoms with E-state index in [1.54, 1.807) is 19.2 Å². The second kappa shape index (κ2) is 6.92. The molecule has 0 aromatic heterocycles. The van der Waals surface area contributed by atoms with Crippen molar-refractivity contribution in [3.63, 3.8) is 0 Å². The third-order valence-electron chi connectivity index (χ3n) is 4.50. The highest BCUT2D eigenvalue weighted by Gasteiger charge is 2.25. The average molecular weight is 335 g/mol. The minimum Gasteiger partial charge on any atom is -0.497 e. The summed E-state index contributed by atoms with van der Waals surface area (Å²) in [5.41, 5.74) is 3.69. The summed E-state index contributed by atoms with van der Waals surface area (Å²) in [5, 5.41) is 0. The lowest BCUT2D eigenvalue weighted by Crippen LogP contribution is -2.16. The van der Waals surface area contributed by atoms with E-state index in [0.717, 1.165) is 16.7 Å². The molecule has 0 saturated heterocycles. The Bertz CT molecular complexity index is 689. The Morgan fingerprint density at radius 3 is 2.35 bits per heavy atom. The van der Waals surface area contributed by atoms with Gasteiger partial charge in [-0.1, -0.05) is 45.9 Å². The van der Waals surface area contributed by atoms with Crippen LogP contribution in [0.2, 0.25) is 0 Å². The quantitative estimate of drug-likeness (QED) is 0.588. The van der Waals surface area contributed by atoms with Crippen molar-refractivity contribution in [2.45, 2.75) is 39.5 Å². The summed E-state index contributed by atoms with van der Waals surface area (Å²) in [4.78, 5) is 0. The van der Waals surface area contributed by atoms with Crippen molar-refractivity contribution in [1.82, 2.24) is 0 Å². The normalized spacial score (nSPS) is 13.0. The molecule has 0 fully saturated rings. The molecule has 2 aromatic carbocycles. The number of ether oxygens (including phenoxy) is 1. The summed E-state index contributed by atoms with van der Waals surface area (Å²) in [6.07, 6.45) is 0. The molecule has 124 valence electrons. The number of methoxy groups -OCH3 is 1. The van der Waals surface area contributed by atoms with Gasteiger partial charge in [0.15, 0.2) is 0 Å². The molecule has 2 rings (SSSR count). The van der Waals surface area contributed by atoms with Crippen LogP contribution in [0.3, 0.4) is 0 Å². The van der Waals surface area contributed by atoms with Crippen LogP contribution in [-0.2, 0) is 5.88 Å². The molecule has 0 radical (unpaired) electrons. The molecule has 2 aromatic rings. The molecule has 0 saturated carbocycles. The summed E-state index contributed by atoms with van der Waals surface area (Å²) in [5.74, 6) is 1.11. The Morgan fingerprint density at radius 2 is 1.78 bits per heavy atom. The minimum atomic E-state index is -0.244. The fraction of sp³-hybridized carbons (Fsp3) is 0.400. The number of rotatable bonds is 4. The van der Waals surface area contributed by atoms with E-state index in [1.165, 1.54) is 6.07 Å². The van der Waals surface area contributed by atoms with Crippen LogP contribution in [0.15, 0.2) is 36.4 Å². The zero-order chi connectivity index (χ0) is 17.2. The van der Waals surface area contributed by atoms with Crippen LogP contribution in [0.5, 0.6) is 5.75 Å². The first-order valence-electron chi connectivity index (χ1n) is 7.80. The van der Waals surface area contributed by atoms with E-state index >= 15 is 0 Å². The lowest BCUT2D eigenvalue weighted by molar-refractivity contribution is 0.340. The minimum absolute atomic E-state index is 0.0645. The highest BCUT2D eigenvalue weighted by Crippen LogP contribution is 2.41. The standard InChI is InChI=1S/C20H24ClFO/c1-13(20(2,3)4)17-10-14(12-21)6-8-16(17)18-11-15(23-5)7-9-19(18)22/h6-11,13H,12H2,1-5H3. The third kappa shape index (κ3) is 3.87. The SMILES string of the molecule is COc1ccc(F)c(-c2ccc(CCl)cc2C(C)C(C)(C)C)c1. The Morgan fingerprint density at radius 1 is 1.09 bits per heavy atom. The van der Waals surface area contributed by atoms with Crippen LogP contribution in [0.25, 0.3) is 11.1 Å². The lowest BCUT2D eigenvalue weighted by Gasteiger charge is -2.30. The number of halogens is 2. The van der Waals surface area contributed by atoms with Crippen LogP contribution >= 0.6 is 11.6 Å². The second-order valence-electron chi connectivity index (χ2n) is 6.99. The summed E-state index contributed by atoms with van der Waals surface area (Å²) >= 11 is 6.00. The molecule has 0 aliphatic rings. The van der Waals surface area contributed by atoms with Gasteiger partial charge in [0.05, 0.1) is 7.11 Å². The number of hydrogen-bond acceptors (Lipinski definition) is 1. The van der Waals surface area contributed by atoms with Crippen LogP contribution in [0.1, 0.15) is 44.7 Å². The molecule has 1 atom stereocenters. The second-order valence-corrected chi connectivity index (χ2v) is 7.26. The maximum atomic E-state index is 14.4. The van der Waals surface area contributed by atoms with Gasteiger partial charge in [-0.15, -0.1) is 11.6 Å². The van der Waals surface area contributed by atoms with Crippen molar-refractivity contribution in [2.75, 3.05) is 7.11 Å². The molecule has 0 heterocycles. The topological polar surface area (TPSA) is 9.23 Å². The summed E-state index contributed by atoms with van der Waals surface area (Å²) in [6.45, 7) is 8.75. The van der Waals surface area contributed by atoms with Gasteiger partial charge in [0.2, 0.25) is 0 Å². The molecule has 0 amide bonds. The van der Waals surface area contributed by atoms with Crippen molar-refractivity contribution in [2.24, 2.45) is 5.41 Å². The van der Waals surface area contributed by atoms with Gasteiger partial charge in [0, 0.05) is 11.4 Å².